The van der Waals surface area contributed by atoms with Crippen molar-refractivity contribution in [2.24, 2.45) is 5.92 Å². The number of ether oxygens (including phenoxy) is 3. The summed E-state index contributed by atoms with van der Waals surface area (Å²) in [4.78, 5) is 12.5. The molecule has 6 nitrogen and oxygen atoms in total. The fourth-order valence-corrected chi connectivity index (χ4v) is 3.57. The van der Waals surface area contributed by atoms with Crippen molar-refractivity contribution in [1.82, 2.24) is 10.6 Å². The second kappa shape index (κ2) is 8.42. The summed E-state index contributed by atoms with van der Waals surface area (Å²) < 4.78 is 16.6. The van der Waals surface area contributed by atoms with E-state index in [9.17, 15) is 4.79 Å². The van der Waals surface area contributed by atoms with Crippen LogP contribution in [-0.2, 0) is 6.42 Å². The van der Waals surface area contributed by atoms with Crippen molar-refractivity contribution in [3.05, 3.63) is 53.6 Å². The number of nitrogens with one attached hydrogen (secondary N) is 2. The molecule has 6 heteroatoms. The number of hydrogen-bond donors (Lipinski definition) is 2. The molecule has 1 aliphatic carbocycles. The maximum Gasteiger partial charge on any atom is 0.315 e. The maximum absolute atomic E-state index is 12.5. The number of amides is 2. The third-order valence-electron chi connectivity index (χ3n) is 5.18. The van der Waals surface area contributed by atoms with E-state index in [1.807, 2.05) is 42.5 Å². The SMILES string of the molecule is COc1ccccc1CCNC(=O)NC(c1ccc2c(c1)OCCO2)C1CC1. The minimum Gasteiger partial charge on any atom is -0.496 e. The van der Waals surface area contributed by atoms with E-state index in [4.69, 9.17) is 14.2 Å². The molecule has 2 aromatic carbocycles. The number of carbonyl (C=O) groups excluding carboxylic acids is 1. The molecule has 0 bridgehead atoms. The Morgan fingerprint density at radius 3 is 2.71 bits per heavy atom. The number of carbonyl (C=O) groups is 1. The molecular weight excluding hydrogens is 356 g/mol. The summed E-state index contributed by atoms with van der Waals surface area (Å²) in [6.07, 6.45) is 2.97. The largest absolute Gasteiger partial charge is 0.496 e. The zero-order valence-corrected chi connectivity index (χ0v) is 16.1. The highest BCUT2D eigenvalue weighted by molar-refractivity contribution is 5.74. The fraction of sp³-hybridized carbons (Fsp3) is 0.409. The molecule has 2 amide bonds. The molecule has 1 heterocycles. The van der Waals surface area contributed by atoms with Gasteiger partial charge in [0.05, 0.1) is 13.2 Å². The molecule has 148 valence electrons. The lowest BCUT2D eigenvalue weighted by atomic mass is 10.0. The van der Waals surface area contributed by atoms with E-state index in [2.05, 4.69) is 10.6 Å². The molecule has 4 rings (SSSR count). The zero-order chi connectivity index (χ0) is 19.3. The maximum atomic E-state index is 12.5. The molecule has 28 heavy (non-hydrogen) atoms. The molecule has 2 aliphatic rings. The van der Waals surface area contributed by atoms with Crippen LogP contribution in [-0.4, -0.2) is 32.9 Å². The first-order valence-corrected chi connectivity index (χ1v) is 9.80. The van der Waals surface area contributed by atoms with Gasteiger partial charge in [-0.15, -0.1) is 0 Å². The van der Waals surface area contributed by atoms with Crippen LogP contribution in [0.2, 0.25) is 0 Å². The second-order valence-corrected chi connectivity index (χ2v) is 7.18. The topological polar surface area (TPSA) is 68.8 Å². The summed E-state index contributed by atoms with van der Waals surface area (Å²) in [6.45, 7) is 1.68. The first-order chi connectivity index (χ1) is 13.7. The first-order valence-electron chi connectivity index (χ1n) is 9.80. The molecule has 0 saturated heterocycles. The van der Waals surface area contributed by atoms with Crippen LogP contribution < -0.4 is 24.8 Å². The minimum atomic E-state index is -0.151. The highest BCUT2D eigenvalue weighted by Gasteiger charge is 2.34. The Bertz CT molecular complexity index is 835. The smallest absolute Gasteiger partial charge is 0.315 e. The first kappa shape index (κ1) is 18.5. The number of benzene rings is 2. The molecule has 1 aliphatic heterocycles. The Morgan fingerprint density at radius 2 is 1.93 bits per heavy atom. The van der Waals surface area contributed by atoms with Crippen LogP contribution in [0.15, 0.2) is 42.5 Å². The predicted octanol–water partition coefficient (Wildman–Crippen LogP) is 3.46. The van der Waals surface area contributed by atoms with Crippen LogP contribution >= 0.6 is 0 Å². The van der Waals surface area contributed by atoms with E-state index in [0.29, 0.717) is 25.7 Å². The molecule has 0 spiro atoms. The molecule has 0 aromatic heterocycles. The number of urea groups is 1. The Hall–Kier alpha value is -2.89. The van der Waals surface area contributed by atoms with Crippen molar-refractivity contribution in [2.45, 2.75) is 25.3 Å². The summed E-state index contributed by atoms with van der Waals surface area (Å²) in [5.74, 6) is 2.85. The van der Waals surface area contributed by atoms with Gasteiger partial charge >= 0.3 is 6.03 Å². The van der Waals surface area contributed by atoms with E-state index >= 15 is 0 Å². The summed E-state index contributed by atoms with van der Waals surface area (Å²) in [6, 6.07) is 13.6. The number of methoxy groups -OCH3 is 1. The van der Waals surface area contributed by atoms with Gasteiger partial charge in [0.25, 0.3) is 0 Å². The van der Waals surface area contributed by atoms with Gasteiger partial charge in [-0.1, -0.05) is 24.3 Å². The summed E-state index contributed by atoms with van der Waals surface area (Å²) in [5, 5.41) is 6.11. The van der Waals surface area contributed by atoms with Crippen molar-refractivity contribution in [3.8, 4) is 17.2 Å². The van der Waals surface area contributed by atoms with Crippen molar-refractivity contribution in [3.63, 3.8) is 0 Å². The number of fused-ring (bicyclic) bond motifs is 1. The van der Waals surface area contributed by atoms with Gasteiger partial charge in [-0.05, 0) is 54.5 Å². The van der Waals surface area contributed by atoms with Crippen molar-refractivity contribution >= 4 is 6.03 Å². The van der Waals surface area contributed by atoms with E-state index in [0.717, 1.165) is 47.6 Å². The predicted molar refractivity (Wildman–Crippen MR) is 106 cm³/mol. The molecule has 2 N–H and O–H groups in total. The summed E-state index contributed by atoms with van der Waals surface area (Å²) in [7, 11) is 1.66. The van der Waals surface area contributed by atoms with Gasteiger partial charge in [-0.2, -0.15) is 0 Å². The molecule has 1 unspecified atom stereocenters. The Kier molecular flexibility index (Phi) is 5.55. The average molecular weight is 382 g/mol. The van der Waals surface area contributed by atoms with Crippen LogP contribution in [0.3, 0.4) is 0 Å². The fourth-order valence-electron chi connectivity index (χ4n) is 3.57. The van der Waals surface area contributed by atoms with Crippen molar-refractivity contribution in [1.29, 1.82) is 0 Å². The van der Waals surface area contributed by atoms with Gasteiger partial charge in [-0.25, -0.2) is 4.79 Å². The lowest BCUT2D eigenvalue weighted by molar-refractivity contribution is 0.171. The van der Waals surface area contributed by atoms with Crippen LogP contribution in [0.4, 0.5) is 4.79 Å². The third kappa shape index (κ3) is 4.32. The number of hydrogen-bond acceptors (Lipinski definition) is 4. The highest BCUT2D eigenvalue weighted by atomic mass is 16.6. The summed E-state index contributed by atoms with van der Waals surface area (Å²) >= 11 is 0. The average Bonchev–Trinajstić information content (AvgIpc) is 3.57. The van der Waals surface area contributed by atoms with Gasteiger partial charge in [0, 0.05) is 6.54 Å². The Labute approximate surface area is 165 Å². The molecule has 1 saturated carbocycles. The number of para-hydroxylation sites is 1. The van der Waals surface area contributed by atoms with Crippen LogP contribution in [0, 0.1) is 5.92 Å². The lowest BCUT2D eigenvalue weighted by Gasteiger charge is -2.23. The quantitative estimate of drug-likeness (QED) is 0.770. The van der Waals surface area contributed by atoms with Crippen molar-refractivity contribution < 1.29 is 19.0 Å². The van der Waals surface area contributed by atoms with Gasteiger partial charge in [0.1, 0.15) is 19.0 Å². The second-order valence-electron chi connectivity index (χ2n) is 7.18. The van der Waals surface area contributed by atoms with Gasteiger partial charge in [-0.3, -0.25) is 0 Å². The normalized spacial score (nSPS) is 16.2. The van der Waals surface area contributed by atoms with E-state index in [1.54, 1.807) is 7.11 Å². The number of rotatable bonds is 7. The molecule has 0 radical (unpaired) electrons. The summed E-state index contributed by atoms with van der Waals surface area (Å²) in [5.41, 5.74) is 2.14. The van der Waals surface area contributed by atoms with Gasteiger partial charge in [0.2, 0.25) is 0 Å². The Balaban J connectivity index is 1.35. The van der Waals surface area contributed by atoms with Gasteiger partial charge in [0.15, 0.2) is 11.5 Å². The van der Waals surface area contributed by atoms with Gasteiger partial charge < -0.3 is 24.8 Å². The zero-order valence-electron chi connectivity index (χ0n) is 16.1. The van der Waals surface area contributed by atoms with E-state index < -0.39 is 0 Å². The third-order valence-corrected chi connectivity index (χ3v) is 5.18. The molecule has 2 aromatic rings. The molecule has 1 atom stereocenters. The van der Waals surface area contributed by atoms with Crippen LogP contribution in [0.25, 0.3) is 0 Å². The van der Waals surface area contributed by atoms with Crippen LogP contribution in [0.1, 0.15) is 30.0 Å². The monoisotopic (exact) mass is 382 g/mol. The van der Waals surface area contributed by atoms with E-state index in [1.165, 1.54) is 0 Å². The minimum absolute atomic E-state index is 0.0120. The Morgan fingerprint density at radius 1 is 1.14 bits per heavy atom. The van der Waals surface area contributed by atoms with Crippen LogP contribution in [0.5, 0.6) is 17.2 Å². The lowest BCUT2D eigenvalue weighted by Crippen LogP contribution is -2.39. The van der Waals surface area contributed by atoms with E-state index in [-0.39, 0.29) is 12.1 Å². The standard InChI is InChI=1S/C22H26N2O4/c1-26-18-5-3-2-4-15(18)10-11-23-22(25)24-21(16-6-7-16)17-8-9-19-20(14-17)28-13-12-27-19/h2-5,8-9,14,16,21H,6-7,10-13H2,1H3,(H2,23,24,25). The van der Waals surface area contributed by atoms with Crippen molar-refractivity contribution in [2.75, 3.05) is 26.9 Å². The molecular formula is C22H26N2O4. The highest BCUT2D eigenvalue weighted by Crippen LogP contribution is 2.43. The molecule has 1 fully saturated rings.